The Morgan fingerprint density at radius 1 is 1.09 bits per heavy atom. The second-order valence-corrected chi connectivity index (χ2v) is 5.40. The number of nitrogens with zero attached hydrogens (tertiary/aromatic N) is 2. The van der Waals surface area contributed by atoms with E-state index in [1.54, 1.807) is 0 Å². The fraction of sp³-hybridized carbons (Fsp3) is 0.211. The van der Waals surface area contributed by atoms with Gasteiger partial charge in [0.25, 0.3) is 0 Å². The Balaban J connectivity index is 2.14. The number of benzene rings is 2. The fourth-order valence-corrected chi connectivity index (χ4v) is 2.99. The van der Waals surface area contributed by atoms with Gasteiger partial charge in [0, 0.05) is 11.6 Å². The normalized spacial score (nSPS) is 12.2. The van der Waals surface area contributed by atoms with E-state index in [2.05, 4.69) is 58.5 Å². The van der Waals surface area contributed by atoms with E-state index < -0.39 is 0 Å². The topological polar surface area (TPSA) is 40.8 Å². The second kappa shape index (κ2) is 6.46. The number of rotatable bonds is 5. The van der Waals surface area contributed by atoms with Crippen molar-refractivity contribution in [3.8, 4) is 6.07 Å². The van der Waals surface area contributed by atoms with Crippen LogP contribution in [0.15, 0.2) is 60.8 Å². The molecule has 0 aliphatic heterocycles. The van der Waals surface area contributed by atoms with Gasteiger partial charge in [-0.15, -0.1) is 0 Å². The van der Waals surface area contributed by atoms with E-state index >= 15 is 0 Å². The maximum Gasteiger partial charge on any atom is 0.101 e. The van der Waals surface area contributed by atoms with Gasteiger partial charge in [-0.05, 0) is 37.7 Å². The molecule has 3 nitrogen and oxygen atoms in total. The van der Waals surface area contributed by atoms with Crippen LogP contribution in [-0.4, -0.2) is 18.2 Å². The molecule has 22 heavy (non-hydrogen) atoms. The van der Waals surface area contributed by atoms with Crippen molar-refractivity contribution in [2.45, 2.75) is 12.5 Å². The first kappa shape index (κ1) is 14.4. The minimum Gasteiger partial charge on any atom is -0.339 e. The lowest BCUT2D eigenvalue weighted by atomic mass is 10.0. The summed E-state index contributed by atoms with van der Waals surface area (Å²) in [7, 11) is 1.97. The molecule has 0 aliphatic rings. The van der Waals surface area contributed by atoms with Crippen molar-refractivity contribution >= 4 is 10.9 Å². The first-order valence-corrected chi connectivity index (χ1v) is 7.54. The molecular formula is C19H19N3. The van der Waals surface area contributed by atoms with Crippen LogP contribution in [0.5, 0.6) is 0 Å². The number of hydrogen-bond donors (Lipinski definition) is 1. The van der Waals surface area contributed by atoms with Crippen molar-refractivity contribution in [1.82, 2.24) is 9.88 Å². The van der Waals surface area contributed by atoms with Gasteiger partial charge in [0.15, 0.2) is 0 Å². The molecule has 0 spiro atoms. The van der Waals surface area contributed by atoms with Crippen LogP contribution in [0.25, 0.3) is 10.9 Å². The number of para-hydroxylation sites is 1. The van der Waals surface area contributed by atoms with Crippen LogP contribution in [0.3, 0.4) is 0 Å². The fourth-order valence-electron chi connectivity index (χ4n) is 2.99. The number of hydrogen-bond acceptors (Lipinski definition) is 2. The van der Waals surface area contributed by atoms with Crippen molar-refractivity contribution in [1.29, 1.82) is 5.26 Å². The first-order valence-electron chi connectivity index (χ1n) is 7.54. The van der Waals surface area contributed by atoms with Crippen LogP contribution in [-0.2, 0) is 0 Å². The Kier molecular flexibility index (Phi) is 4.22. The molecule has 2 aromatic carbocycles. The highest BCUT2D eigenvalue weighted by molar-refractivity contribution is 5.85. The zero-order valence-electron chi connectivity index (χ0n) is 12.7. The van der Waals surface area contributed by atoms with Gasteiger partial charge in [-0.2, -0.15) is 5.26 Å². The van der Waals surface area contributed by atoms with Crippen molar-refractivity contribution in [2.75, 3.05) is 13.6 Å². The van der Waals surface area contributed by atoms with E-state index in [0.29, 0.717) is 0 Å². The van der Waals surface area contributed by atoms with E-state index in [0.717, 1.165) is 29.4 Å². The molecule has 1 aromatic heterocycles. The van der Waals surface area contributed by atoms with Crippen molar-refractivity contribution in [3.63, 3.8) is 0 Å². The summed E-state index contributed by atoms with van der Waals surface area (Å²) in [5.74, 6) is 0. The zero-order chi connectivity index (χ0) is 15.4. The smallest absolute Gasteiger partial charge is 0.101 e. The molecule has 3 heteroatoms. The lowest BCUT2D eigenvalue weighted by molar-refractivity contribution is 0.539. The molecule has 0 saturated carbocycles. The summed E-state index contributed by atoms with van der Waals surface area (Å²) in [6.45, 7) is 0.925. The van der Waals surface area contributed by atoms with E-state index in [1.807, 2.05) is 25.2 Å². The number of nitrogens with one attached hydrogen (secondary N) is 1. The first-order chi connectivity index (χ1) is 10.8. The van der Waals surface area contributed by atoms with Gasteiger partial charge in [0.05, 0.1) is 17.1 Å². The summed E-state index contributed by atoms with van der Waals surface area (Å²) in [5.41, 5.74) is 3.02. The monoisotopic (exact) mass is 289 g/mol. The quantitative estimate of drug-likeness (QED) is 0.778. The third kappa shape index (κ3) is 2.61. The molecule has 1 atom stereocenters. The highest BCUT2D eigenvalue weighted by Crippen LogP contribution is 2.29. The molecule has 1 N–H and O–H groups in total. The largest absolute Gasteiger partial charge is 0.339 e. The van der Waals surface area contributed by atoms with Gasteiger partial charge < -0.3 is 9.88 Å². The van der Waals surface area contributed by atoms with Crippen LogP contribution in [0.4, 0.5) is 0 Å². The van der Waals surface area contributed by atoms with Gasteiger partial charge in [-0.1, -0.05) is 42.5 Å². The molecule has 1 heterocycles. The van der Waals surface area contributed by atoms with Gasteiger partial charge >= 0.3 is 0 Å². The Morgan fingerprint density at radius 3 is 2.64 bits per heavy atom. The Hall–Kier alpha value is -2.57. The maximum atomic E-state index is 9.43. The number of fused-ring (bicyclic) bond motifs is 1. The predicted molar refractivity (Wildman–Crippen MR) is 89.8 cm³/mol. The molecule has 3 rings (SSSR count). The number of aromatic nitrogens is 1. The van der Waals surface area contributed by atoms with Crippen LogP contribution in [0, 0.1) is 11.3 Å². The molecule has 0 saturated heterocycles. The van der Waals surface area contributed by atoms with Crippen molar-refractivity contribution in [3.05, 3.63) is 71.9 Å². The van der Waals surface area contributed by atoms with Crippen LogP contribution >= 0.6 is 0 Å². The average molecular weight is 289 g/mol. The summed E-state index contributed by atoms with van der Waals surface area (Å²) in [4.78, 5) is 0. The van der Waals surface area contributed by atoms with E-state index in [1.165, 1.54) is 5.56 Å². The molecule has 1 unspecified atom stereocenters. The van der Waals surface area contributed by atoms with Crippen LogP contribution in [0.2, 0.25) is 0 Å². The molecule has 3 aromatic rings. The average Bonchev–Trinajstić information content (AvgIpc) is 3.00. The molecule has 0 bridgehead atoms. The second-order valence-electron chi connectivity index (χ2n) is 5.40. The van der Waals surface area contributed by atoms with E-state index in [-0.39, 0.29) is 6.04 Å². The molecule has 0 fully saturated rings. The van der Waals surface area contributed by atoms with Gasteiger partial charge in [0.2, 0.25) is 0 Å². The Labute approximate surface area is 130 Å². The third-order valence-electron chi connectivity index (χ3n) is 4.05. The summed E-state index contributed by atoms with van der Waals surface area (Å²) in [5, 5.41) is 13.8. The Bertz CT molecular complexity index is 796. The molecule has 0 amide bonds. The van der Waals surface area contributed by atoms with Crippen molar-refractivity contribution < 1.29 is 0 Å². The molecule has 110 valence electrons. The summed E-state index contributed by atoms with van der Waals surface area (Å²) in [6.07, 6.45) is 3.07. The summed E-state index contributed by atoms with van der Waals surface area (Å²) in [6, 6.07) is 21.0. The summed E-state index contributed by atoms with van der Waals surface area (Å²) >= 11 is 0. The highest BCUT2D eigenvalue weighted by Gasteiger charge is 2.16. The van der Waals surface area contributed by atoms with Gasteiger partial charge in [0.1, 0.15) is 6.07 Å². The number of nitriles is 1. The summed E-state index contributed by atoms with van der Waals surface area (Å²) < 4.78 is 2.24. The molecular weight excluding hydrogens is 270 g/mol. The van der Waals surface area contributed by atoms with Crippen LogP contribution < -0.4 is 5.32 Å². The van der Waals surface area contributed by atoms with Gasteiger partial charge in [-0.3, -0.25) is 0 Å². The maximum absolute atomic E-state index is 9.43. The molecule has 0 radical (unpaired) electrons. The minimum absolute atomic E-state index is 0.223. The SMILES string of the molecule is CNCCC(c1ccccc1)n1ccc2cccc(C#N)c21. The Morgan fingerprint density at radius 2 is 1.91 bits per heavy atom. The molecule has 0 aliphatic carbocycles. The predicted octanol–water partition coefficient (Wildman–Crippen LogP) is 3.71. The highest BCUT2D eigenvalue weighted by atomic mass is 15.0. The van der Waals surface area contributed by atoms with E-state index in [9.17, 15) is 5.26 Å². The van der Waals surface area contributed by atoms with E-state index in [4.69, 9.17) is 0 Å². The van der Waals surface area contributed by atoms with Crippen molar-refractivity contribution in [2.24, 2.45) is 0 Å². The lowest BCUT2D eigenvalue weighted by Gasteiger charge is -2.21. The van der Waals surface area contributed by atoms with Crippen LogP contribution in [0.1, 0.15) is 23.6 Å². The minimum atomic E-state index is 0.223. The third-order valence-corrected chi connectivity index (χ3v) is 4.05. The van der Waals surface area contributed by atoms with Gasteiger partial charge in [-0.25, -0.2) is 0 Å². The lowest BCUT2D eigenvalue weighted by Crippen LogP contribution is -2.17. The zero-order valence-corrected chi connectivity index (χ0v) is 12.7. The standard InChI is InChI=1S/C19H19N3/c1-21-12-10-18(15-6-3-2-4-7-15)22-13-11-16-8-5-9-17(14-20)19(16)22/h2-9,11,13,18,21H,10,12H2,1H3.